The van der Waals surface area contributed by atoms with Crippen molar-refractivity contribution in [2.75, 3.05) is 19.0 Å². The lowest BCUT2D eigenvalue weighted by molar-refractivity contribution is -0.117. The van der Waals surface area contributed by atoms with Crippen LogP contribution in [0.2, 0.25) is 0 Å². The van der Waals surface area contributed by atoms with Crippen LogP contribution < -0.4 is 15.4 Å². The van der Waals surface area contributed by atoms with Gasteiger partial charge >= 0.3 is 0 Å². The van der Waals surface area contributed by atoms with Gasteiger partial charge in [0.05, 0.1) is 11.1 Å². The third-order valence-electron chi connectivity index (χ3n) is 2.69. The normalized spacial score (nSPS) is 17.8. The number of benzene rings is 1. The highest BCUT2D eigenvalue weighted by atomic mass is 79.9. The van der Waals surface area contributed by atoms with Crippen molar-refractivity contribution in [3.63, 3.8) is 0 Å². The molecule has 0 aromatic heterocycles. The summed E-state index contributed by atoms with van der Waals surface area (Å²) in [6.07, 6.45) is 0.953. The Hall–Kier alpha value is -1.07. The van der Waals surface area contributed by atoms with Crippen LogP contribution in [0.4, 0.5) is 5.69 Å². The lowest BCUT2D eigenvalue weighted by atomic mass is 10.1. The van der Waals surface area contributed by atoms with E-state index in [0.29, 0.717) is 6.61 Å². The number of amides is 1. The average molecular weight is 299 g/mol. The molecule has 1 heterocycles. The van der Waals surface area contributed by atoms with Crippen LogP contribution >= 0.6 is 15.9 Å². The first-order valence-corrected chi connectivity index (χ1v) is 6.41. The highest BCUT2D eigenvalue weighted by Crippen LogP contribution is 2.38. The summed E-state index contributed by atoms with van der Waals surface area (Å²) < 4.78 is 6.47. The zero-order valence-corrected chi connectivity index (χ0v) is 11.4. The van der Waals surface area contributed by atoms with Crippen molar-refractivity contribution >= 4 is 27.5 Å². The number of likely N-dealkylation sites (N-methyl/N-ethyl adjacent to an activating group) is 1. The van der Waals surface area contributed by atoms with E-state index in [1.807, 2.05) is 12.1 Å². The molecule has 0 aliphatic carbocycles. The molecule has 1 aliphatic rings. The van der Waals surface area contributed by atoms with Gasteiger partial charge in [-0.15, -0.1) is 0 Å². The Balaban J connectivity index is 2.33. The predicted octanol–water partition coefficient (Wildman–Crippen LogP) is 2.45. The number of carbonyl (C=O) groups excluding carboxylic acids is 1. The number of ether oxygens (including phenoxy) is 1. The number of hydrogen-bond donors (Lipinski definition) is 2. The Labute approximate surface area is 109 Å². The largest absolute Gasteiger partial charge is 0.492 e. The van der Waals surface area contributed by atoms with E-state index in [2.05, 4.69) is 33.5 Å². The molecule has 92 valence electrons. The quantitative estimate of drug-likeness (QED) is 0.898. The molecule has 0 bridgehead atoms. The molecule has 0 spiro atoms. The molecule has 0 saturated carbocycles. The minimum atomic E-state index is -0.276. The van der Waals surface area contributed by atoms with E-state index in [0.717, 1.165) is 27.9 Å². The Kier molecular flexibility index (Phi) is 3.69. The Morgan fingerprint density at radius 1 is 1.53 bits per heavy atom. The second-order valence-electron chi connectivity index (χ2n) is 3.93. The van der Waals surface area contributed by atoms with Crippen LogP contribution in [-0.4, -0.2) is 19.6 Å². The van der Waals surface area contributed by atoms with Crippen molar-refractivity contribution in [3.05, 3.63) is 22.2 Å². The highest BCUT2D eigenvalue weighted by molar-refractivity contribution is 9.10. The minimum Gasteiger partial charge on any atom is -0.492 e. The number of anilines is 1. The molecule has 1 amide bonds. The third kappa shape index (κ3) is 2.30. The van der Waals surface area contributed by atoms with E-state index < -0.39 is 0 Å². The van der Waals surface area contributed by atoms with Crippen LogP contribution in [0.1, 0.15) is 24.9 Å². The topological polar surface area (TPSA) is 50.4 Å². The molecule has 0 fully saturated rings. The lowest BCUT2D eigenvalue weighted by Gasteiger charge is -2.11. The van der Waals surface area contributed by atoms with Crippen molar-refractivity contribution in [3.8, 4) is 5.75 Å². The Morgan fingerprint density at radius 2 is 2.29 bits per heavy atom. The van der Waals surface area contributed by atoms with E-state index >= 15 is 0 Å². The molecule has 1 atom stereocenters. The number of rotatable bonds is 4. The summed E-state index contributed by atoms with van der Waals surface area (Å²) in [5.41, 5.74) is 1.77. The van der Waals surface area contributed by atoms with Crippen LogP contribution in [0, 0.1) is 0 Å². The van der Waals surface area contributed by atoms with Gasteiger partial charge in [0.15, 0.2) is 0 Å². The molecular formula is C12H15BrN2O2. The third-order valence-corrected chi connectivity index (χ3v) is 3.31. The van der Waals surface area contributed by atoms with Gasteiger partial charge in [-0.1, -0.05) is 6.92 Å². The van der Waals surface area contributed by atoms with Gasteiger partial charge in [-0.3, -0.25) is 4.79 Å². The van der Waals surface area contributed by atoms with Gasteiger partial charge in [0.2, 0.25) is 5.91 Å². The fourth-order valence-electron chi connectivity index (χ4n) is 1.87. The van der Waals surface area contributed by atoms with Crippen molar-refractivity contribution in [1.29, 1.82) is 0 Å². The van der Waals surface area contributed by atoms with Gasteiger partial charge in [0.25, 0.3) is 0 Å². The van der Waals surface area contributed by atoms with Crippen molar-refractivity contribution < 1.29 is 9.53 Å². The zero-order chi connectivity index (χ0) is 12.4. The molecule has 2 N–H and O–H groups in total. The van der Waals surface area contributed by atoms with Gasteiger partial charge in [0.1, 0.15) is 11.8 Å². The second kappa shape index (κ2) is 5.06. The molecule has 2 rings (SSSR count). The van der Waals surface area contributed by atoms with E-state index in [1.165, 1.54) is 0 Å². The van der Waals surface area contributed by atoms with Crippen LogP contribution in [0.25, 0.3) is 0 Å². The minimum absolute atomic E-state index is 0.0259. The van der Waals surface area contributed by atoms with E-state index in [4.69, 9.17) is 4.74 Å². The molecule has 1 aromatic rings. The fourth-order valence-corrected chi connectivity index (χ4v) is 2.35. The molecule has 4 nitrogen and oxygen atoms in total. The maximum Gasteiger partial charge on any atom is 0.246 e. The predicted molar refractivity (Wildman–Crippen MR) is 70.4 cm³/mol. The van der Waals surface area contributed by atoms with Crippen LogP contribution in [-0.2, 0) is 4.79 Å². The van der Waals surface area contributed by atoms with E-state index in [-0.39, 0.29) is 11.9 Å². The number of fused-ring (bicyclic) bond motifs is 1. The maximum absolute atomic E-state index is 11.7. The standard InChI is InChI=1S/C12H15BrN2O2/c1-3-4-17-10-6-9-7(5-8(10)13)11(14-2)12(16)15-9/h5-6,11,14H,3-4H2,1-2H3,(H,15,16). The molecule has 17 heavy (non-hydrogen) atoms. The Bertz CT molecular complexity index is 448. The summed E-state index contributed by atoms with van der Waals surface area (Å²) in [7, 11) is 1.77. The molecule has 0 saturated heterocycles. The molecule has 1 aromatic carbocycles. The number of hydrogen-bond acceptors (Lipinski definition) is 3. The number of carbonyl (C=O) groups is 1. The summed E-state index contributed by atoms with van der Waals surface area (Å²) in [5, 5.41) is 5.83. The van der Waals surface area contributed by atoms with Crippen LogP contribution in [0.15, 0.2) is 16.6 Å². The van der Waals surface area contributed by atoms with Crippen LogP contribution in [0.5, 0.6) is 5.75 Å². The fraction of sp³-hybridized carbons (Fsp3) is 0.417. The van der Waals surface area contributed by atoms with Crippen molar-refractivity contribution in [2.24, 2.45) is 0 Å². The van der Waals surface area contributed by atoms with E-state index in [1.54, 1.807) is 7.05 Å². The lowest BCUT2D eigenvalue weighted by Crippen LogP contribution is -2.23. The smallest absolute Gasteiger partial charge is 0.246 e. The monoisotopic (exact) mass is 298 g/mol. The Morgan fingerprint density at radius 3 is 2.94 bits per heavy atom. The molecule has 5 heteroatoms. The van der Waals surface area contributed by atoms with Crippen molar-refractivity contribution in [1.82, 2.24) is 5.32 Å². The van der Waals surface area contributed by atoms with Gasteiger partial charge in [-0.2, -0.15) is 0 Å². The first-order chi connectivity index (χ1) is 8.17. The summed E-state index contributed by atoms with van der Waals surface area (Å²) in [4.78, 5) is 11.7. The zero-order valence-electron chi connectivity index (χ0n) is 9.84. The maximum atomic E-state index is 11.7. The number of nitrogens with one attached hydrogen (secondary N) is 2. The van der Waals surface area contributed by atoms with Gasteiger partial charge in [-0.25, -0.2) is 0 Å². The SMILES string of the molecule is CCCOc1cc2c(cc1Br)C(NC)C(=O)N2. The molecule has 1 unspecified atom stereocenters. The summed E-state index contributed by atoms with van der Waals surface area (Å²) in [6, 6.07) is 3.52. The molecular weight excluding hydrogens is 284 g/mol. The summed E-state index contributed by atoms with van der Waals surface area (Å²) in [5.74, 6) is 0.740. The molecule has 0 radical (unpaired) electrons. The summed E-state index contributed by atoms with van der Waals surface area (Å²) in [6.45, 7) is 2.72. The van der Waals surface area contributed by atoms with Crippen molar-refractivity contribution in [2.45, 2.75) is 19.4 Å². The van der Waals surface area contributed by atoms with Gasteiger partial charge in [-0.05, 0) is 35.5 Å². The average Bonchev–Trinajstić information content (AvgIpc) is 2.61. The van der Waals surface area contributed by atoms with Gasteiger partial charge in [0, 0.05) is 17.3 Å². The van der Waals surface area contributed by atoms with E-state index in [9.17, 15) is 4.79 Å². The first-order valence-electron chi connectivity index (χ1n) is 5.61. The van der Waals surface area contributed by atoms with Gasteiger partial charge < -0.3 is 15.4 Å². The van der Waals surface area contributed by atoms with Crippen LogP contribution in [0.3, 0.4) is 0 Å². The first kappa shape index (κ1) is 12.4. The highest BCUT2D eigenvalue weighted by Gasteiger charge is 2.30. The number of halogens is 1. The molecule has 1 aliphatic heterocycles. The second-order valence-corrected chi connectivity index (χ2v) is 4.78. The summed E-state index contributed by atoms with van der Waals surface area (Å²) >= 11 is 3.46.